The van der Waals surface area contributed by atoms with Crippen molar-refractivity contribution in [1.29, 1.82) is 0 Å². The van der Waals surface area contributed by atoms with Crippen LogP contribution in [0.3, 0.4) is 0 Å². The molecule has 1 aromatic rings. The molecule has 1 aliphatic carbocycles. The molecule has 4 nitrogen and oxygen atoms in total. The molecule has 0 atom stereocenters. The lowest BCUT2D eigenvalue weighted by molar-refractivity contribution is 0.100. The number of amides is 1. The topological polar surface area (TPSA) is 58.4 Å². The lowest BCUT2D eigenvalue weighted by Gasteiger charge is -2.40. The molecular formula is C18H29N3O. The van der Waals surface area contributed by atoms with Crippen molar-refractivity contribution in [1.82, 2.24) is 10.2 Å². The Bertz CT molecular complexity index is 474. The number of carbonyl (C=O) groups is 1. The molecule has 122 valence electrons. The average molecular weight is 303 g/mol. The van der Waals surface area contributed by atoms with Gasteiger partial charge in [-0.1, -0.05) is 37.8 Å². The molecule has 4 heteroatoms. The van der Waals surface area contributed by atoms with Crippen LogP contribution < -0.4 is 11.1 Å². The summed E-state index contributed by atoms with van der Waals surface area (Å²) in [5, 5.41) is 3.61. The Kier molecular flexibility index (Phi) is 5.98. The Morgan fingerprint density at radius 1 is 1.14 bits per heavy atom. The van der Waals surface area contributed by atoms with E-state index in [9.17, 15) is 4.79 Å². The van der Waals surface area contributed by atoms with Crippen molar-refractivity contribution >= 4 is 5.91 Å². The standard InChI is InChI=1S/C18H29N3O/c1-21(2)18(11-5-3-4-6-12-18)14-20-13-15-7-9-16(10-8-15)17(19)22/h7-10,20H,3-6,11-14H2,1-2H3,(H2,19,22). The van der Waals surface area contributed by atoms with Crippen LogP contribution in [0.1, 0.15) is 54.4 Å². The highest BCUT2D eigenvalue weighted by Crippen LogP contribution is 2.30. The molecule has 2 rings (SSSR count). The zero-order chi connectivity index (χ0) is 16.0. The van der Waals surface area contributed by atoms with Gasteiger partial charge in [-0.05, 0) is 44.6 Å². The van der Waals surface area contributed by atoms with Gasteiger partial charge < -0.3 is 16.0 Å². The number of carbonyl (C=O) groups excluding carboxylic acids is 1. The Balaban J connectivity index is 1.91. The number of rotatable bonds is 6. The molecule has 1 saturated carbocycles. The summed E-state index contributed by atoms with van der Waals surface area (Å²) in [5.41, 5.74) is 7.30. The van der Waals surface area contributed by atoms with Crippen LogP contribution in [0.25, 0.3) is 0 Å². The minimum Gasteiger partial charge on any atom is -0.366 e. The van der Waals surface area contributed by atoms with Crippen molar-refractivity contribution in [2.75, 3.05) is 20.6 Å². The van der Waals surface area contributed by atoms with Crippen molar-refractivity contribution in [3.63, 3.8) is 0 Å². The van der Waals surface area contributed by atoms with Gasteiger partial charge in [0.15, 0.2) is 0 Å². The highest BCUT2D eigenvalue weighted by Gasteiger charge is 2.32. The molecule has 0 spiro atoms. The molecule has 0 bridgehead atoms. The van der Waals surface area contributed by atoms with E-state index in [-0.39, 0.29) is 11.4 Å². The van der Waals surface area contributed by atoms with Crippen molar-refractivity contribution < 1.29 is 4.79 Å². The maximum absolute atomic E-state index is 11.1. The maximum atomic E-state index is 11.1. The number of hydrogen-bond acceptors (Lipinski definition) is 3. The van der Waals surface area contributed by atoms with Crippen LogP contribution >= 0.6 is 0 Å². The number of nitrogens with one attached hydrogen (secondary N) is 1. The first-order valence-electron chi connectivity index (χ1n) is 8.30. The lowest BCUT2D eigenvalue weighted by atomic mass is 9.88. The van der Waals surface area contributed by atoms with Gasteiger partial charge in [0, 0.05) is 24.2 Å². The van der Waals surface area contributed by atoms with Gasteiger partial charge in [-0.3, -0.25) is 4.79 Å². The molecule has 0 heterocycles. The fourth-order valence-electron chi connectivity index (χ4n) is 3.40. The number of nitrogens with zero attached hydrogens (tertiary/aromatic N) is 1. The summed E-state index contributed by atoms with van der Waals surface area (Å²) in [5.74, 6) is -0.371. The van der Waals surface area contributed by atoms with Gasteiger partial charge >= 0.3 is 0 Å². The van der Waals surface area contributed by atoms with Crippen LogP contribution in [0.4, 0.5) is 0 Å². The summed E-state index contributed by atoms with van der Waals surface area (Å²) >= 11 is 0. The third-order valence-electron chi connectivity index (χ3n) is 5.00. The molecule has 1 aromatic carbocycles. The van der Waals surface area contributed by atoms with E-state index in [1.54, 1.807) is 12.1 Å². The summed E-state index contributed by atoms with van der Waals surface area (Å²) in [6.07, 6.45) is 7.93. The van der Waals surface area contributed by atoms with E-state index in [0.717, 1.165) is 13.1 Å². The lowest BCUT2D eigenvalue weighted by Crippen LogP contribution is -2.51. The van der Waals surface area contributed by atoms with Crippen molar-refractivity contribution in [2.24, 2.45) is 5.73 Å². The first kappa shape index (κ1) is 17.0. The summed E-state index contributed by atoms with van der Waals surface area (Å²) < 4.78 is 0. The predicted octanol–water partition coefficient (Wildman–Crippen LogP) is 2.53. The Labute approximate surface area is 134 Å². The molecule has 0 radical (unpaired) electrons. The van der Waals surface area contributed by atoms with Gasteiger partial charge in [-0.15, -0.1) is 0 Å². The van der Waals surface area contributed by atoms with Crippen LogP contribution in [0, 0.1) is 0 Å². The van der Waals surface area contributed by atoms with E-state index in [0.29, 0.717) is 5.56 Å². The van der Waals surface area contributed by atoms with Gasteiger partial charge in [0.2, 0.25) is 5.91 Å². The first-order valence-corrected chi connectivity index (χ1v) is 8.30. The summed E-state index contributed by atoms with van der Waals surface area (Å²) in [6.45, 7) is 1.84. The number of benzene rings is 1. The number of nitrogens with two attached hydrogens (primary N) is 1. The molecule has 0 aliphatic heterocycles. The van der Waals surface area contributed by atoms with Gasteiger partial charge in [-0.2, -0.15) is 0 Å². The molecule has 0 aromatic heterocycles. The minimum atomic E-state index is -0.371. The largest absolute Gasteiger partial charge is 0.366 e. The number of primary amides is 1. The van der Waals surface area contributed by atoms with Crippen molar-refractivity contribution in [3.05, 3.63) is 35.4 Å². The second kappa shape index (κ2) is 7.75. The first-order chi connectivity index (χ1) is 10.5. The van der Waals surface area contributed by atoms with Gasteiger partial charge in [0.05, 0.1) is 0 Å². The smallest absolute Gasteiger partial charge is 0.248 e. The second-order valence-corrected chi connectivity index (χ2v) is 6.70. The summed E-state index contributed by atoms with van der Waals surface area (Å²) in [7, 11) is 4.41. The summed E-state index contributed by atoms with van der Waals surface area (Å²) in [6, 6.07) is 7.55. The fourth-order valence-corrected chi connectivity index (χ4v) is 3.40. The van der Waals surface area contributed by atoms with E-state index in [1.807, 2.05) is 12.1 Å². The van der Waals surface area contributed by atoms with Gasteiger partial charge in [0.1, 0.15) is 0 Å². The average Bonchev–Trinajstić information content (AvgIpc) is 2.74. The quantitative estimate of drug-likeness (QED) is 0.794. The minimum absolute atomic E-state index is 0.281. The van der Waals surface area contributed by atoms with Crippen molar-refractivity contribution in [3.8, 4) is 0 Å². The van der Waals surface area contributed by atoms with Crippen LogP contribution in [0.15, 0.2) is 24.3 Å². The zero-order valence-electron chi connectivity index (χ0n) is 13.9. The third kappa shape index (κ3) is 4.31. The monoisotopic (exact) mass is 303 g/mol. The number of hydrogen-bond donors (Lipinski definition) is 2. The highest BCUT2D eigenvalue weighted by atomic mass is 16.1. The molecule has 1 fully saturated rings. The van der Waals surface area contributed by atoms with Crippen LogP contribution in [-0.4, -0.2) is 37.0 Å². The second-order valence-electron chi connectivity index (χ2n) is 6.70. The van der Waals surface area contributed by atoms with Gasteiger partial charge in [-0.25, -0.2) is 0 Å². The SMILES string of the molecule is CN(C)C1(CNCc2ccc(C(N)=O)cc2)CCCCCC1. The fraction of sp³-hybridized carbons (Fsp3) is 0.611. The van der Waals surface area contributed by atoms with Crippen LogP contribution in [0.2, 0.25) is 0 Å². The molecule has 22 heavy (non-hydrogen) atoms. The molecular weight excluding hydrogens is 274 g/mol. The molecule has 0 unspecified atom stereocenters. The van der Waals surface area contributed by atoms with E-state index < -0.39 is 0 Å². The normalized spacial score (nSPS) is 18.1. The van der Waals surface area contributed by atoms with E-state index >= 15 is 0 Å². The third-order valence-corrected chi connectivity index (χ3v) is 5.00. The Hall–Kier alpha value is -1.39. The highest BCUT2D eigenvalue weighted by molar-refractivity contribution is 5.92. The van der Waals surface area contributed by atoms with Crippen molar-refractivity contribution in [2.45, 2.75) is 50.6 Å². The van der Waals surface area contributed by atoms with E-state index in [1.165, 1.54) is 44.1 Å². The molecule has 3 N–H and O–H groups in total. The van der Waals surface area contributed by atoms with E-state index in [4.69, 9.17) is 5.73 Å². The Morgan fingerprint density at radius 2 is 1.73 bits per heavy atom. The number of likely N-dealkylation sites (N-methyl/N-ethyl adjacent to an activating group) is 1. The summed E-state index contributed by atoms with van der Waals surface area (Å²) in [4.78, 5) is 13.5. The predicted molar refractivity (Wildman–Crippen MR) is 90.8 cm³/mol. The maximum Gasteiger partial charge on any atom is 0.248 e. The van der Waals surface area contributed by atoms with Gasteiger partial charge in [0.25, 0.3) is 0 Å². The van der Waals surface area contributed by atoms with Crippen LogP contribution in [0.5, 0.6) is 0 Å². The Morgan fingerprint density at radius 3 is 2.23 bits per heavy atom. The van der Waals surface area contributed by atoms with E-state index in [2.05, 4.69) is 24.3 Å². The molecule has 1 amide bonds. The molecule has 0 saturated heterocycles. The zero-order valence-corrected chi connectivity index (χ0v) is 13.9. The molecule has 1 aliphatic rings. The van der Waals surface area contributed by atoms with Crippen LogP contribution in [-0.2, 0) is 6.54 Å².